The first-order chi connectivity index (χ1) is 15.8. The van der Waals surface area contributed by atoms with Gasteiger partial charge in [-0.15, -0.1) is 0 Å². The first-order valence-electron chi connectivity index (χ1n) is 9.56. The molecule has 0 aliphatic heterocycles. The summed E-state index contributed by atoms with van der Waals surface area (Å²) in [7, 11) is 0. The molecule has 12 heteroatoms. The largest absolute Gasteiger partial charge is 0.846 e. The number of aryl methyl sites for hydroxylation is 1. The van der Waals surface area contributed by atoms with E-state index in [1.807, 2.05) is 31.2 Å². The summed E-state index contributed by atoms with van der Waals surface area (Å²) in [6.07, 6.45) is 0.960. The smallest absolute Gasteiger partial charge is 0.433 e. The van der Waals surface area contributed by atoms with Gasteiger partial charge >= 0.3 is 12.1 Å². The quantitative estimate of drug-likeness (QED) is 0.279. The maximum absolute atomic E-state index is 12.7. The van der Waals surface area contributed by atoms with E-state index in [1.54, 1.807) is 6.20 Å². The summed E-state index contributed by atoms with van der Waals surface area (Å²) in [5.41, 5.74) is 2.46. The van der Waals surface area contributed by atoms with E-state index in [0.29, 0.717) is 12.6 Å². The van der Waals surface area contributed by atoms with Gasteiger partial charge in [-0.05, 0) is 29.3 Å². The summed E-state index contributed by atoms with van der Waals surface area (Å²) >= 11 is 0. The van der Waals surface area contributed by atoms with Crippen LogP contribution < -0.4 is 15.1 Å². The second-order valence-corrected chi connectivity index (χ2v) is 6.93. The number of alkyl halides is 3. The van der Waals surface area contributed by atoms with Gasteiger partial charge in [-0.3, -0.25) is 9.51 Å². The Kier molecular flexibility index (Phi) is 5.98. The second-order valence-electron chi connectivity index (χ2n) is 6.93. The third kappa shape index (κ3) is 5.47. The Morgan fingerprint density at radius 2 is 1.97 bits per heavy atom. The van der Waals surface area contributed by atoms with Crippen molar-refractivity contribution >= 4 is 17.6 Å². The van der Waals surface area contributed by atoms with Crippen LogP contribution in [0.2, 0.25) is 0 Å². The number of halogens is 3. The zero-order valence-electron chi connectivity index (χ0n) is 17.1. The molecule has 0 fully saturated rings. The first kappa shape index (κ1) is 21.9. The van der Waals surface area contributed by atoms with E-state index in [0.717, 1.165) is 28.6 Å². The van der Waals surface area contributed by atoms with Crippen molar-refractivity contribution in [3.63, 3.8) is 0 Å². The number of nitrogens with zero attached hydrogens (tertiary/aromatic N) is 6. The van der Waals surface area contributed by atoms with Crippen LogP contribution >= 0.6 is 0 Å². The minimum Gasteiger partial charge on any atom is -0.846 e. The average Bonchev–Trinajstić information content (AvgIpc) is 3.21. The predicted molar refractivity (Wildman–Crippen MR) is 108 cm³/mol. The van der Waals surface area contributed by atoms with Gasteiger partial charge in [0, 0.05) is 34.9 Å². The molecule has 0 saturated carbocycles. The molecule has 0 bridgehead atoms. The van der Waals surface area contributed by atoms with Gasteiger partial charge in [-0.2, -0.15) is 13.2 Å². The van der Waals surface area contributed by atoms with Crippen LogP contribution in [0.1, 0.15) is 17.0 Å². The van der Waals surface area contributed by atoms with Crippen LogP contribution in [0.4, 0.5) is 24.7 Å². The van der Waals surface area contributed by atoms with Crippen LogP contribution in [0.3, 0.4) is 0 Å². The molecule has 0 unspecified atom stereocenters. The molecule has 0 aliphatic carbocycles. The Hall–Kier alpha value is -4.35. The van der Waals surface area contributed by atoms with E-state index in [1.165, 1.54) is 23.3 Å². The number of rotatable bonds is 5. The number of nitrogens with one attached hydrogen (secondary N) is 1. The Bertz CT molecular complexity index is 1290. The molecule has 0 amide bonds. The molecule has 9 nitrogen and oxygen atoms in total. The fraction of sp³-hybridized carbons (Fsp3) is 0.143. The van der Waals surface area contributed by atoms with Gasteiger partial charge in [-0.25, -0.2) is 15.0 Å². The van der Waals surface area contributed by atoms with Crippen molar-refractivity contribution in [2.24, 2.45) is 4.99 Å². The summed E-state index contributed by atoms with van der Waals surface area (Å²) in [6, 6.07) is 8.71. The van der Waals surface area contributed by atoms with Gasteiger partial charge in [0.1, 0.15) is 12.0 Å². The van der Waals surface area contributed by atoms with Gasteiger partial charge in [0.15, 0.2) is 0 Å². The van der Waals surface area contributed by atoms with Crippen LogP contribution in [0.25, 0.3) is 11.1 Å². The fourth-order valence-electron chi connectivity index (χ4n) is 2.96. The number of hydrogen-bond donors (Lipinski definition) is 1. The number of hydrogen-bond acceptors (Lipinski definition) is 7. The van der Waals surface area contributed by atoms with E-state index in [2.05, 4.69) is 30.5 Å². The Labute approximate surface area is 185 Å². The molecular weight excluding hydrogens is 439 g/mol. The number of pyridine rings is 1. The maximum atomic E-state index is 12.7. The fourth-order valence-corrected chi connectivity index (χ4v) is 2.96. The number of aliphatic imine (C=N–C) groups is 1. The SMILES string of the molecule is Cc1ncncc1-c1ccc(C[n+]2cc(/N=C(\[O-])Nc3ccnc(C(F)(F)F)c3)on2)cc1. The molecular formula is C21H16F3N7O2. The zero-order valence-corrected chi connectivity index (χ0v) is 17.1. The molecule has 4 aromatic rings. The average molecular weight is 455 g/mol. The molecule has 1 N–H and O–H groups in total. The molecule has 0 aliphatic rings. The van der Waals surface area contributed by atoms with Gasteiger partial charge in [0.25, 0.3) is 6.20 Å². The summed E-state index contributed by atoms with van der Waals surface area (Å²) in [6.45, 7) is 2.26. The molecule has 0 spiro atoms. The van der Waals surface area contributed by atoms with Crippen LogP contribution in [0, 0.1) is 6.92 Å². The van der Waals surface area contributed by atoms with E-state index in [9.17, 15) is 18.3 Å². The third-order valence-electron chi connectivity index (χ3n) is 4.53. The summed E-state index contributed by atoms with van der Waals surface area (Å²) in [5, 5.41) is 18.1. The molecule has 168 valence electrons. The number of aromatic nitrogens is 5. The molecule has 3 heterocycles. The van der Waals surface area contributed by atoms with Crippen LogP contribution in [-0.4, -0.2) is 26.2 Å². The lowest BCUT2D eigenvalue weighted by Gasteiger charge is -2.13. The second kappa shape index (κ2) is 9.02. The topological polar surface area (TPSA) is 116 Å². The normalized spacial score (nSPS) is 12.1. The van der Waals surface area contributed by atoms with Gasteiger partial charge in [0.05, 0.1) is 6.02 Å². The highest BCUT2D eigenvalue weighted by Gasteiger charge is 2.32. The summed E-state index contributed by atoms with van der Waals surface area (Å²) in [5.74, 6) is -0.105. The molecule has 1 aromatic carbocycles. The van der Waals surface area contributed by atoms with Crippen molar-refractivity contribution in [1.82, 2.24) is 20.2 Å². The van der Waals surface area contributed by atoms with E-state index in [4.69, 9.17) is 4.52 Å². The lowest BCUT2D eigenvalue weighted by molar-refractivity contribution is -0.754. The number of benzene rings is 1. The van der Waals surface area contributed by atoms with E-state index in [-0.39, 0.29) is 11.6 Å². The Balaban J connectivity index is 1.42. The van der Waals surface area contributed by atoms with Crippen molar-refractivity contribution in [1.29, 1.82) is 0 Å². The zero-order chi connectivity index (χ0) is 23.4. The standard InChI is InChI=1S/C21H16F3N7O2/c1-13-17(9-25-12-27-13)15-4-2-14(3-5-15)10-31-11-19(33-30-31)29-20(32)28-16-6-7-26-18(8-16)21(22,23)24/h2-9,11-12H,10H2,1H3,(H-,26,28,29,30,32). The lowest BCUT2D eigenvalue weighted by Crippen LogP contribution is -2.35. The minimum atomic E-state index is -4.62. The monoisotopic (exact) mass is 455 g/mol. The van der Waals surface area contributed by atoms with Crippen LogP contribution in [0.5, 0.6) is 0 Å². The molecule has 33 heavy (non-hydrogen) atoms. The van der Waals surface area contributed by atoms with Crippen molar-refractivity contribution in [3.05, 3.63) is 78.3 Å². The van der Waals surface area contributed by atoms with Crippen molar-refractivity contribution < 1.29 is 27.5 Å². The van der Waals surface area contributed by atoms with Crippen LogP contribution in [0.15, 0.2) is 70.8 Å². The molecule has 0 saturated heterocycles. The highest BCUT2D eigenvalue weighted by atomic mass is 19.4. The van der Waals surface area contributed by atoms with Crippen molar-refractivity contribution in [3.8, 4) is 11.1 Å². The number of amidine groups is 1. The van der Waals surface area contributed by atoms with Crippen molar-refractivity contribution in [2.45, 2.75) is 19.6 Å². The van der Waals surface area contributed by atoms with E-state index < -0.39 is 17.9 Å². The molecule has 3 aromatic heterocycles. The van der Waals surface area contributed by atoms with E-state index >= 15 is 0 Å². The Morgan fingerprint density at radius 1 is 1.18 bits per heavy atom. The molecule has 4 rings (SSSR count). The highest BCUT2D eigenvalue weighted by molar-refractivity contribution is 5.86. The number of anilines is 1. The summed E-state index contributed by atoms with van der Waals surface area (Å²) in [4.78, 5) is 15.1. The summed E-state index contributed by atoms with van der Waals surface area (Å²) < 4.78 is 44.6. The lowest BCUT2D eigenvalue weighted by atomic mass is 10.0. The molecule has 0 atom stereocenters. The Morgan fingerprint density at radius 3 is 2.70 bits per heavy atom. The van der Waals surface area contributed by atoms with Gasteiger partial charge in [0.2, 0.25) is 11.8 Å². The first-order valence-corrected chi connectivity index (χ1v) is 9.56. The van der Waals surface area contributed by atoms with Crippen LogP contribution in [-0.2, 0) is 12.7 Å². The highest BCUT2D eigenvalue weighted by Crippen LogP contribution is 2.28. The maximum Gasteiger partial charge on any atom is 0.433 e. The van der Waals surface area contributed by atoms with Gasteiger partial charge in [-0.1, -0.05) is 24.3 Å². The van der Waals surface area contributed by atoms with Crippen molar-refractivity contribution in [2.75, 3.05) is 5.32 Å². The predicted octanol–water partition coefficient (Wildman–Crippen LogP) is 2.65. The third-order valence-corrected chi connectivity index (χ3v) is 4.53. The minimum absolute atomic E-state index is 0.0994. The molecule has 0 radical (unpaired) electrons. The van der Waals surface area contributed by atoms with Gasteiger partial charge < -0.3 is 10.4 Å².